The molecule has 33 heavy (non-hydrogen) atoms. The van der Waals surface area contributed by atoms with E-state index in [1.165, 1.54) is 0 Å². The number of anilines is 2. The molecule has 0 bridgehead atoms. The minimum Gasteiger partial charge on any atom is -0.382 e. The summed E-state index contributed by atoms with van der Waals surface area (Å²) in [6.45, 7) is 8.46. The highest BCUT2D eigenvalue weighted by Crippen LogP contribution is 2.33. The van der Waals surface area contributed by atoms with Crippen molar-refractivity contribution in [2.75, 3.05) is 18.2 Å². The minimum absolute atomic E-state index is 0.0328. The first-order chi connectivity index (χ1) is 15.8. The van der Waals surface area contributed by atoms with Gasteiger partial charge in [-0.2, -0.15) is 4.98 Å². The molecule has 4 aromatic rings. The molecule has 0 aliphatic heterocycles. The predicted molar refractivity (Wildman–Crippen MR) is 130 cm³/mol. The minimum atomic E-state index is -0.0328. The van der Waals surface area contributed by atoms with Gasteiger partial charge in [-0.15, -0.1) is 5.10 Å². The average Bonchev–Trinajstić information content (AvgIpc) is 3.35. The van der Waals surface area contributed by atoms with Crippen molar-refractivity contribution in [3.05, 3.63) is 30.2 Å². The zero-order valence-electron chi connectivity index (χ0n) is 20.0. The molecule has 5 rings (SSSR count). The van der Waals surface area contributed by atoms with E-state index in [-0.39, 0.29) is 11.6 Å². The molecule has 0 atom stereocenters. The second-order valence-electron chi connectivity index (χ2n) is 9.58. The van der Waals surface area contributed by atoms with Gasteiger partial charge in [0.05, 0.1) is 11.3 Å². The highest BCUT2D eigenvalue weighted by Gasteiger charge is 2.31. The highest BCUT2D eigenvalue weighted by atomic mass is 16.5. The quantitative estimate of drug-likeness (QED) is 0.467. The number of imidazole rings is 1. The number of pyridine rings is 1. The molecule has 0 aromatic carbocycles. The Labute approximate surface area is 193 Å². The van der Waals surface area contributed by atoms with Crippen LogP contribution < -0.4 is 11.1 Å². The average molecular weight is 449 g/mol. The maximum atomic E-state index is 6.43. The van der Waals surface area contributed by atoms with Crippen molar-refractivity contribution < 1.29 is 4.74 Å². The smallest absolute Gasteiger partial charge is 0.243 e. The van der Waals surface area contributed by atoms with Crippen LogP contribution in [0.1, 0.15) is 58.3 Å². The molecule has 174 valence electrons. The van der Waals surface area contributed by atoms with Crippen molar-refractivity contribution in [1.29, 1.82) is 0 Å². The van der Waals surface area contributed by atoms with Crippen molar-refractivity contribution in [2.45, 2.75) is 71.1 Å². The van der Waals surface area contributed by atoms with Gasteiger partial charge in [0.25, 0.3) is 0 Å². The number of ether oxygens (including phenoxy) is 1. The summed E-state index contributed by atoms with van der Waals surface area (Å²) >= 11 is 0. The van der Waals surface area contributed by atoms with Gasteiger partial charge in [0.2, 0.25) is 5.95 Å². The molecule has 9 heteroatoms. The third kappa shape index (κ3) is 3.80. The fraction of sp³-hybridized carbons (Fsp3) is 0.500. The number of hydrogen-bond acceptors (Lipinski definition) is 7. The van der Waals surface area contributed by atoms with Gasteiger partial charge in [-0.3, -0.25) is 0 Å². The van der Waals surface area contributed by atoms with Gasteiger partial charge >= 0.3 is 0 Å². The summed E-state index contributed by atoms with van der Waals surface area (Å²) in [5.41, 5.74) is 10.7. The van der Waals surface area contributed by atoms with Crippen LogP contribution in [0.15, 0.2) is 24.4 Å². The molecule has 4 heterocycles. The Morgan fingerprint density at radius 2 is 1.91 bits per heavy atom. The number of fused-ring (bicyclic) bond motifs is 2. The fourth-order valence-electron chi connectivity index (χ4n) is 4.93. The summed E-state index contributed by atoms with van der Waals surface area (Å²) in [7, 11) is 1.79. The maximum absolute atomic E-state index is 6.43. The summed E-state index contributed by atoms with van der Waals surface area (Å²) in [6, 6.07) is 6.56. The topological polar surface area (TPSA) is 108 Å². The van der Waals surface area contributed by atoms with Crippen molar-refractivity contribution in [2.24, 2.45) is 0 Å². The third-order valence-corrected chi connectivity index (χ3v) is 6.91. The molecule has 1 aliphatic carbocycles. The largest absolute Gasteiger partial charge is 0.382 e. The van der Waals surface area contributed by atoms with Crippen LogP contribution >= 0.6 is 0 Å². The van der Waals surface area contributed by atoms with E-state index in [4.69, 9.17) is 15.5 Å². The van der Waals surface area contributed by atoms with Crippen molar-refractivity contribution >= 4 is 28.4 Å². The number of nitrogens with two attached hydrogens (primary N) is 1. The van der Waals surface area contributed by atoms with Crippen molar-refractivity contribution in [1.82, 2.24) is 29.1 Å². The number of nitrogens with zero attached hydrogens (tertiary/aromatic N) is 6. The molecular formula is C24H32N8O. The van der Waals surface area contributed by atoms with Crippen LogP contribution in [-0.2, 0) is 4.74 Å². The maximum Gasteiger partial charge on any atom is 0.243 e. The van der Waals surface area contributed by atoms with Crippen LogP contribution in [-0.4, -0.2) is 47.9 Å². The molecule has 0 radical (unpaired) electrons. The number of aromatic nitrogens is 6. The molecule has 0 amide bonds. The first-order valence-corrected chi connectivity index (χ1v) is 11.6. The molecule has 1 fully saturated rings. The Kier molecular flexibility index (Phi) is 5.23. The van der Waals surface area contributed by atoms with Crippen molar-refractivity contribution in [3.8, 4) is 11.3 Å². The van der Waals surface area contributed by atoms with Crippen LogP contribution in [0.4, 0.5) is 11.8 Å². The van der Waals surface area contributed by atoms with Gasteiger partial charge in [-0.05, 0) is 71.6 Å². The lowest BCUT2D eigenvalue weighted by molar-refractivity contribution is -0.0253. The van der Waals surface area contributed by atoms with Gasteiger partial charge in [0, 0.05) is 31.0 Å². The van der Waals surface area contributed by atoms with E-state index >= 15 is 0 Å². The number of nitrogens with one attached hydrogen (secondary N) is 1. The van der Waals surface area contributed by atoms with E-state index in [2.05, 4.69) is 45.7 Å². The summed E-state index contributed by atoms with van der Waals surface area (Å²) in [6.07, 6.45) is 5.94. The van der Waals surface area contributed by atoms with Crippen LogP contribution in [0.5, 0.6) is 0 Å². The lowest BCUT2D eigenvalue weighted by Gasteiger charge is -2.36. The molecule has 0 unspecified atom stereocenters. The normalized spacial score (nSPS) is 21.3. The van der Waals surface area contributed by atoms with E-state index in [1.807, 2.05) is 31.3 Å². The Hall–Kier alpha value is -3.20. The Bertz CT molecular complexity index is 1310. The number of hydrogen-bond donors (Lipinski definition) is 2. The van der Waals surface area contributed by atoms with Gasteiger partial charge in [-0.25, -0.2) is 14.5 Å². The number of rotatable bonds is 5. The van der Waals surface area contributed by atoms with Gasteiger partial charge < -0.3 is 20.4 Å². The van der Waals surface area contributed by atoms with Crippen molar-refractivity contribution in [3.63, 3.8) is 0 Å². The van der Waals surface area contributed by atoms with E-state index in [0.29, 0.717) is 17.8 Å². The zero-order chi connectivity index (χ0) is 23.3. The van der Waals surface area contributed by atoms with Crippen LogP contribution in [0.25, 0.3) is 27.9 Å². The predicted octanol–water partition coefficient (Wildman–Crippen LogP) is 4.37. The first-order valence-electron chi connectivity index (χ1n) is 11.6. The van der Waals surface area contributed by atoms with E-state index in [1.54, 1.807) is 11.6 Å². The molecule has 1 saturated carbocycles. The summed E-state index contributed by atoms with van der Waals surface area (Å²) in [4.78, 5) is 14.2. The summed E-state index contributed by atoms with van der Waals surface area (Å²) < 4.78 is 9.59. The number of aryl methyl sites for hydroxylation is 1. The van der Waals surface area contributed by atoms with Crippen LogP contribution in [0.3, 0.4) is 0 Å². The van der Waals surface area contributed by atoms with E-state index < -0.39 is 0 Å². The van der Waals surface area contributed by atoms with Gasteiger partial charge in [0.1, 0.15) is 16.9 Å². The molecule has 9 nitrogen and oxygen atoms in total. The van der Waals surface area contributed by atoms with Gasteiger partial charge in [0.15, 0.2) is 11.5 Å². The molecule has 0 spiro atoms. The molecule has 0 saturated heterocycles. The highest BCUT2D eigenvalue weighted by molar-refractivity contribution is 5.88. The Morgan fingerprint density at radius 3 is 2.61 bits per heavy atom. The molecule has 1 aliphatic rings. The van der Waals surface area contributed by atoms with E-state index in [0.717, 1.165) is 59.4 Å². The third-order valence-electron chi connectivity index (χ3n) is 6.91. The summed E-state index contributed by atoms with van der Waals surface area (Å²) in [5, 5.41) is 8.15. The zero-order valence-corrected chi connectivity index (χ0v) is 20.0. The number of nitrogen functional groups attached to an aromatic ring is 1. The molecule has 4 aromatic heterocycles. The van der Waals surface area contributed by atoms with Crippen LogP contribution in [0.2, 0.25) is 0 Å². The monoisotopic (exact) mass is 448 g/mol. The second-order valence-corrected chi connectivity index (χ2v) is 9.58. The SMILES string of the molecule is COC1(C)CCC(Nc2nc(N)c3c(-c4ccc5nc(C)n(C(C)C)c5n4)ccn3n2)CC1. The Morgan fingerprint density at radius 1 is 1.15 bits per heavy atom. The summed E-state index contributed by atoms with van der Waals surface area (Å²) in [5.74, 6) is 1.93. The number of methoxy groups -OCH3 is 1. The lowest BCUT2D eigenvalue weighted by atomic mass is 9.83. The molecular weight excluding hydrogens is 416 g/mol. The second kappa shape index (κ2) is 7.98. The van der Waals surface area contributed by atoms with Crippen LogP contribution in [0, 0.1) is 6.92 Å². The standard InChI is InChI=1S/C24H32N8O/c1-14(2)32-15(3)26-19-7-6-18(28-22(19)32)17-10-13-31-20(17)21(25)29-23(30-31)27-16-8-11-24(4,33-5)12-9-16/h6-7,10,13-14,16H,8-9,11-12H2,1-5H3,(H3,25,27,29,30). The first kappa shape index (κ1) is 21.6. The molecule has 3 N–H and O–H groups in total. The lowest BCUT2D eigenvalue weighted by Crippen LogP contribution is -2.37. The Balaban J connectivity index is 1.46. The van der Waals surface area contributed by atoms with Gasteiger partial charge in [-0.1, -0.05) is 0 Å². The fourth-order valence-corrected chi connectivity index (χ4v) is 4.93. The van der Waals surface area contributed by atoms with E-state index in [9.17, 15) is 0 Å².